The van der Waals surface area contributed by atoms with E-state index < -0.39 is 20.0 Å². The van der Waals surface area contributed by atoms with Crippen LogP contribution in [0.1, 0.15) is 277 Å². The number of likely N-dealkylation sites (N-methyl/N-ethyl adjacent to an activating group) is 1. The minimum Gasteiger partial charge on any atom is -0.756 e. The number of phosphoric ester groups is 1. The second kappa shape index (κ2) is 48.0. The second-order valence-corrected chi connectivity index (χ2v) is 22.1. The van der Waals surface area contributed by atoms with Crippen LogP contribution in [-0.2, 0) is 18.4 Å². The van der Waals surface area contributed by atoms with Crippen LogP contribution in [0.25, 0.3) is 0 Å². The van der Waals surface area contributed by atoms with Gasteiger partial charge in [-0.05, 0) is 32.1 Å². The summed E-state index contributed by atoms with van der Waals surface area (Å²) in [6.07, 6.45) is 60.0. The summed E-state index contributed by atoms with van der Waals surface area (Å²) >= 11 is 0. The average Bonchev–Trinajstić information content (AvgIpc) is 3.26. The lowest BCUT2D eigenvalue weighted by Gasteiger charge is -2.29. The number of phosphoric acid groups is 1. The van der Waals surface area contributed by atoms with Crippen LogP contribution in [-0.4, -0.2) is 68.5 Å². The summed E-state index contributed by atoms with van der Waals surface area (Å²) < 4.78 is 23.2. The highest BCUT2D eigenvalue weighted by Gasteiger charge is 2.23. The van der Waals surface area contributed by atoms with Gasteiger partial charge >= 0.3 is 0 Å². The smallest absolute Gasteiger partial charge is 0.268 e. The molecule has 0 aliphatic heterocycles. The Hall–Kier alpha value is -1.02. The van der Waals surface area contributed by atoms with Gasteiger partial charge < -0.3 is 28.8 Å². The number of amides is 1. The zero-order valence-electron chi connectivity index (χ0n) is 44.0. The van der Waals surface area contributed by atoms with E-state index in [-0.39, 0.29) is 19.1 Å². The number of carbonyl (C=O) groups is 1. The summed E-state index contributed by atoms with van der Waals surface area (Å²) in [5.41, 5.74) is 0. The van der Waals surface area contributed by atoms with Gasteiger partial charge in [-0.3, -0.25) is 9.36 Å². The topological polar surface area (TPSA) is 108 Å². The molecule has 0 heterocycles. The lowest BCUT2D eigenvalue weighted by Crippen LogP contribution is -2.45. The van der Waals surface area contributed by atoms with Crippen LogP contribution >= 0.6 is 7.82 Å². The molecule has 65 heavy (non-hydrogen) atoms. The number of carbonyl (C=O) groups excluding carboxylic acids is 1. The maximum absolute atomic E-state index is 12.9. The van der Waals surface area contributed by atoms with Gasteiger partial charge in [0.2, 0.25) is 5.91 Å². The van der Waals surface area contributed by atoms with Gasteiger partial charge in [-0.1, -0.05) is 263 Å². The van der Waals surface area contributed by atoms with Gasteiger partial charge in [-0.15, -0.1) is 0 Å². The summed E-state index contributed by atoms with van der Waals surface area (Å²) in [4.78, 5) is 25.4. The van der Waals surface area contributed by atoms with Crippen LogP contribution < -0.4 is 10.2 Å². The van der Waals surface area contributed by atoms with Crippen molar-refractivity contribution in [3.05, 3.63) is 24.3 Å². The lowest BCUT2D eigenvalue weighted by molar-refractivity contribution is -0.870. The molecule has 0 saturated heterocycles. The first-order chi connectivity index (χ1) is 31.5. The number of rotatable bonds is 52. The lowest BCUT2D eigenvalue weighted by atomic mass is 10.0. The molecule has 0 aromatic carbocycles. The van der Waals surface area contributed by atoms with Crippen molar-refractivity contribution < 1.29 is 32.9 Å². The van der Waals surface area contributed by atoms with Crippen molar-refractivity contribution in [1.82, 2.24) is 5.32 Å². The molecule has 2 N–H and O–H groups in total. The highest BCUT2D eigenvalue weighted by molar-refractivity contribution is 7.45. The van der Waals surface area contributed by atoms with Crippen LogP contribution in [0.3, 0.4) is 0 Å². The van der Waals surface area contributed by atoms with Crippen LogP contribution in [0.15, 0.2) is 24.3 Å². The first-order valence-corrected chi connectivity index (χ1v) is 29.7. The minimum absolute atomic E-state index is 0.00423. The molecule has 386 valence electrons. The average molecular weight is 939 g/mol. The van der Waals surface area contributed by atoms with Crippen molar-refractivity contribution in [3.8, 4) is 0 Å². The highest BCUT2D eigenvalue weighted by Crippen LogP contribution is 2.38. The Kier molecular flexibility index (Phi) is 47.3. The predicted octanol–water partition coefficient (Wildman–Crippen LogP) is 16.2. The Morgan fingerprint density at radius 1 is 0.523 bits per heavy atom. The number of quaternary nitrogens is 1. The largest absolute Gasteiger partial charge is 0.756 e. The summed E-state index contributed by atoms with van der Waals surface area (Å²) in [5, 5.41) is 13.8. The maximum Gasteiger partial charge on any atom is 0.268 e. The first-order valence-electron chi connectivity index (χ1n) is 28.2. The van der Waals surface area contributed by atoms with E-state index in [0.717, 1.165) is 38.5 Å². The number of nitrogens with one attached hydrogen (secondary N) is 1. The zero-order valence-corrected chi connectivity index (χ0v) is 44.9. The van der Waals surface area contributed by atoms with E-state index in [4.69, 9.17) is 9.05 Å². The molecule has 8 nitrogen and oxygen atoms in total. The predicted molar refractivity (Wildman–Crippen MR) is 279 cm³/mol. The number of hydrogen-bond acceptors (Lipinski definition) is 6. The second-order valence-electron chi connectivity index (χ2n) is 20.6. The van der Waals surface area contributed by atoms with Gasteiger partial charge in [0.25, 0.3) is 7.82 Å². The van der Waals surface area contributed by atoms with Gasteiger partial charge in [0, 0.05) is 6.42 Å². The zero-order chi connectivity index (χ0) is 47.8. The molecule has 0 aliphatic rings. The monoisotopic (exact) mass is 939 g/mol. The van der Waals surface area contributed by atoms with Crippen LogP contribution in [0.4, 0.5) is 0 Å². The molecule has 9 heteroatoms. The fourth-order valence-electron chi connectivity index (χ4n) is 8.47. The first kappa shape index (κ1) is 64.0. The van der Waals surface area contributed by atoms with Crippen molar-refractivity contribution in [2.45, 2.75) is 289 Å². The molecule has 0 aromatic heterocycles. The number of nitrogens with zero attached hydrogens (tertiary/aromatic N) is 1. The molecular weight excluding hydrogens is 828 g/mol. The quantitative estimate of drug-likeness (QED) is 0.0272. The van der Waals surface area contributed by atoms with Crippen molar-refractivity contribution in [3.63, 3.8) is 0 Å². The molecule has 1 amide bonds. The standard InChI is InChI=1S/C56H111N2O6P/c1-6-8-10-12-14-16-18-19-20-21-22-23-24-25-26-27-28-29-30-31-32-33-34-35-36-37-38-40-42-44-46-48-50-56(60)57-54(53-64-65(61,62)63-52-51-58(3,4)5)55(59)49-47-45-43-41-39-17-15-13-11-9-7-2/h39,41,47,49,54-55,59H,6-38,40,42-46,48,50-53H2,1-5H3,(H-,57,60,61,62)/b41-39+,49-47+. The van der Waals surface area contributed by atoms with E-state index in [9.17, 15) is 19.4 Å². The van der Waals surface area contributed by atoms with Crippen LogP contribution in [0.2, 0.25) is 0 Å². The van der Waals surface area contributed by atoms with Crippen molar-refractivity contribution in [2.24, 2.45) is 0 Å². The van der Waals surface area contributed by atoms with E-state index >= 15 is 0 Å². The normalized spacial score (nSPS) is 14.1. The number of hydrogen-bond donors (Lipinski definition) is 2. The van der Waals surface area contributed by atoms with Crippen molar-refractivity contribution >= 4 is 13.7 Å². The third-order valence-corrected chi connectivity index (χ3v) is 13.9. The highest BCUT2D eigenvalue weighted by atomic mass is 31.2. The SMILES string of the molecule is CCCCCCC/C=C/CC/C=C/C(O)C(COP(=O)([O-])OCC[N+](C)(C)C)NC(=O)CCCCCCCCCCCCCCCCCCCCCCCCCCCCCCCCCC. The van der Waals surface area contributed by atoms with Gasteiger partial charge in [0.1, 0.15) is 13.2 Å². The number of allylic oxidation sites excluding steroid dienone is 3. The fraction of sp³-hybridized carbons (Fsp3) is 0.911. The van der Waals surface area contributed by atoms with E-state index in [1.165, 1.54) is 218 Å². The Morgan fingerprint density at radius 3 is 1.25 bits per heavy atom. The molecule has 0 fully saturated rings. The molecule has 3 unspecified atom stereocenters. The number of aliphatic hydroxyl groups is 1. The summed E-state index contributed by atoms with van der Waals surface area (Å²) in [7, 11) is 1.25. The molecule has 0 spiro atoms. The maximum atomic E-state index is 12.9. The third-order valence-electron chi connectivity index (χ3n) is 12.9. The van der Waals surface area contributed by atoms with E-state index in [0.29, 0.717) is 17.4 Å². The number of unbranched alkanes of at least 4 members (excludes halogenated alkanes) is 37. The van der Waals surface area contributed by atoms with Crippen LogP contribution in [0, 0.1) is 0 Å². The molecule has 0 aliphatic carbocycles. The molecule has 3 atom stereocenters. The van der Waals surface area contributed by atoms with Crippen molar-refractivity contribution in [2.75, 3.05) is 40.9 Å². The summed E-state index contributed by atoms with van der Waals surface area (Å²) in [6, 6.07) is -0.898. The Labute approximate surface area is 404 Å². The van der Waals surface area contributed by atoms with Gasteiger partial charge in [-0.25, -0.2) is 0 Å². The minimum atomic E-state index is -4.59. The molecule has 0 radical (unpaired) electrons. The molecule has 0 aromatic rings. The van der Waals surface area contributed by atoms with Crippen LogP contribution in [0.5, 0.6) is 0 Å². The molecule has 0 saturated carbocycles. The Morgan fingerprint density at radius 2 is 0.862 bits per heavy atom. The molecule has 0 bridgehead atoms. The van der Waals surface area contributed by atoms with E-state index in [1.807, 2.05) is 27.2 Å². The van der Waals surface area contributed by atoms with Gasteiger partial charge in [-0.2, -0.15) is 0 Å². The third kappa shape index (κ3) is 50.7. The fourth-order valence-corrected chi connectivity index (χ4v) is 9.19. The number of aliphatic hydroxyl groups excluding tert-OH is 1. The molecule has 0 rings (SSSR count). The van der Waals surface area contributed by atoms with Gasteiger partial charge in [0.15, 0.2) is 0 Å². The Balaban J connectivity index is 3.95. The summed E-state index contributed by atoms with van der Waals surface area (Å²) in [6.45, 7) is 4.63. The van der Waals surface area contributed by atoms with Crippen molar-refractivity contribution in [1.29, 1.82) is 0 Å². The Bertz CT molecular complexity index is 1110. The van der Waals surface area contributed by atoms with E-state index in [1.54, 1.807) is 6.08 Å². The van der Waals surface area contributed by atoms with E-state index in [2.05, 4.69) is 31.3 Å². The summed E-state index contributed by atoms with van der Waals surface area (Å²) in [5.74, 6) is -0.204. The van der Waals surface area contributed by atoms with Gasteiger partial charge in [0.05, 0.1) is 39.9 Å². The molecular formula is C56H111N2O6P.